The lowest BCUT2D eigenvalue weighted by atomic mass is 9.85. The Morgan fingerprint density at radius 1 is 1.42 bits per heavy atom. The molecule has 2 amide bonds. The monoisotopic (exact) mass is 335 g/mol. The van der Waals surface area contributed by atoms with Gasteiger partial charge in [0.05, 0.1) is 6.04 Å². The predicted molar refractivity (Wildman–Crippen MR) is 97.0 cm³/mol. The number of carbonyl (C=O) groups is 1. The van der Waals surface area contributed by atoms with Crippen LogP contribution in [0.3, 0.4) is 0 Å². The molecule has 0 unspecified atom stereocenters. The summed E-state index contributed by atoms with van der Waals surface area (Å²) in [4.78, 5) is 17.1. The van der Waals surface area contributed by atoms with Crippen molar-refractivity contribution in [1.29, 1.82) is 0 Å². The zero-order valence-corrected chi connectivity index (χ0v) is 16.2. The molecule has 1 fully saturated rings. The van der Waals surface area contributed by atoms with Gasteiger partial charge in [0, 0.05) is 19.6 Å². The second-order valence-corrected chi connectivity index (χ2v) is 8.40. The van der Waals surface area contributed by atoms with Crippen molar-refractivity contribution < 1.29 is 9.21 Å². The highest BCUT2D eigenvalue weighted by Crippen LogP contribution is 2.34. The zero-order valence-electron chi connectivity index (χ0n) is 16.2. The van der Waals surface area contributed by atoms with Crippen LogP contribution in [0.5, 0.6) is 0 Å². The summed E-state index contributed by atoms with van der Waals surface area (Å²) in [5, 5.41) is 3.20. The molecular formula is C19H33N3O2. The summed E-state index contributed by atoms with van der Waals surface area (Å²) in [6, 6.07) is 4.01. The molecule has 136 valence electrons. The molecule has 1 aliphatic heterocycles. The van der Waals surface area contributed by atoms with Gasteiger partial charge >= 0.3 is 6.03 Å². The first kappa shape index (κ1) is 18.8. The minimum atomic E-state index is -0.150. The molecule has 1 aromatic rings. The van der Waals surface area contributed by atoms with Gasteiger partial charge in [0.1, 0.15) is 11.5 Å². The van der Waals surface area contributed by atoms with Crippen molar-refractivity contribution in [3.05, 3.63) is 23.7 Å². The minimum absolute atomic E-state index is 0.0228. The van der Waals surface area contributed by atoms with Gasteiger partial charge in [-0.25, -0.2) is 4.79 Å². The summed E-state index contributed by atoms with van der Waals surface area (Å²) < 4.78 is 5.79. The number of amides is 2. The van der Waals surface area contributed by atoms with E-state index < -0.39 is 0 Å². The number of piperidine rings is 1. The van der Waals surface area contributed by atoms with Crippen molar-refractivity contribution in [2.45, 2.75) is 53.1 Å². The number of rotatable bonds is 3. The highest BCUT2D eigenvalue weighted by Gasteiger charge is 2.34. The summed E-state index contributed by atoms with van der Waals surface area (Å²) in [7, 11) is 4.05. The maximum Gasteiger partial charge on any atom is 0.318 e. The number of nitrogens with zero attached hydrogens (tertiary/aromatic N) is 2. The Hall–Kier alpha value is -1.49. The van der Waals surface area contributed by atoms with E-state index in [0.717, 1.165) is 31.0 Å². The van der Waals surface area contributed by atoms with Crippen LogP contribution in [0.1, 0.15) is 51.7 Å². The third-order valence-corrected chi connectivity index (χ3v) is 5.06. The van der Waals surface area contributed by atoms with Crippen LogP contribution in [-0.2, 0) is 0 Å². The topological polar surface area (TPSA) is 48.7 Å². The first-order chi connectivity index (χ1) is 11.1. The maximum atomic E-state index is 12.9. The second-order valence-electron chi connectivity index (χ2n) is 8.40. The van der Waals surface area contributed by atoms with E-state index in [1.807, 2.05) is 31.0 Å². The molecule has 5 nitrogen and oxygen atoms in total. The maximum absolute atomic E-state index is 12.9. The van der Waals surface area contributed by atoms with Gasteiger partial charge in [-0.2, -0.15) is 0 Å². The van der Waals surface area contributed by atoms with Gasteiger partial charge in [-0.3, -0.25) is 0 Å². The fourth-order valence-electron chi connectivity index (χ4n) is 3.62. The molecule has 0 spiro atoms. The number of hydrogen-bond acceptors (Lipinski definition) is 3. The number of aryl methyl sites for hydroxylation is 1. The van der Waals surface area contributed by atoms with E-state index in [-0.39, 0.29) is 23.5 Å². The van der Waals surface area contributed by atoms with E-state index in [9.17, 15) is 4.79 Å². The lowest BCUT2D eigenvalue weighted by Crippen LogP contribution is -2.53. The second kappa shape index (κ2) is 7.18. The highest BCUT2D eigenvalue weighted by molar-refractivity contribution is 5.75. The number of furan rings is 1. The van der Waals surface area contributed by atoms with E-state index in [0.29, 0.717) is 5.92 Å². The first-order valence-corrected chi connectivity index (χ1v) is 8.87. The standard InChI is InChI=1S/C19H33N3O2/c1-13-12-21(6)11-10-15(13)22(7)18(23)20-17(19(3,4)5)16-9-8-14(2)24-16/h8-9,13,15,17H,10-12H2,1-7H3,(H,20,23)/t13-,15-,17+/m1/s1. The quantitative estimate of drug-likeness (QED) is 0.917. The molecule has 2 heterocycles. The molecular weight excluding hydrogens is 302 g/mol. The molecule has 0 radical (unpaired) electrons. The molecule has 2 rings (SSSR count). The summed E-state index contributed by atoms with van der Waals surface area (Å²) in [6.45, 7) is 12.6. The largest absolute Gasteiger partial charge is 0.464 e. The molecule has 0 bridgehead atoms. The van der Waals surface area contributed by atoms with Gasteiger partial charge in [-0.05, 0) is 50.4 Å². The first-order valence-electron chi connectivity index (χ1n) is 8.87. The van der Waals surface area contributed by atoms with E-state index in [1.165, 1.54) is 0 Å². The van der Waals surface area contributed by atoms with Crippen LogP contribution in [-0.4, -0.2) is 49.1 Å². The van der Waals surface area contributed by atoms with Gasteiger partial charge in [0.15, 0.2) is 0 Å². The lowest BCUT2D eigenvalue weighted by molar-refractivity contribution is 0.101. The van der Waals surface area contributed by atoms with Crippen molar-refractivity contribution in [2.24, 2.45) is 11.3 Å². The fraction of sp³-hybridized carbons (Fsp3) is 0.737. The van der Waals surface area contributed by atoms with Gasteiger partial charge < -0.3 is 19.5 Å². The Morgan fingerprint density at radius 3 is 2.58 bits per heavy atom. The van der Waals surface area contributed by atoms with Crippen LogP contribution in [0.25, 0.3) is 0 Å². The number of carbonyl (C=O) groups excluding carboxylic acids is 1. The van der Waals surface area contributed by atoms with E-state index in [1.54, 1.807) is 0 Å². The smallest absolute Gasteiger partial charge is 0.318 e. The molecule has 0 saturated carbocycles. The van der Waals surface area contributed by atoms with Crippen LogP contribution >= 0.6 is 0 Å². The van der Waals surface area contributed by atoms with Crippen LogP contribution < -0.4 is 5.32 Å². The van der Waals surface area contributed by atoms with Crippen LogP contribution in [0.15, 0.2) is 16.5 Å². The number of nitrogens with one attached hydrogen (secondary N) is 1. The Balaban J connectivity index is 2.10. The minimum Gasteiger partial charge on any atom is -0.464 e. The summed E-state index contributed by atoms with van der Waals surface area (Å²) >= 11 is 0. The van der Waals surface area contributed by atoms with E-state index in [4.69, 9.17) is 4.42 Å². The molecule has 0 aromatic carbocycles. The van der Waals surface area contributed by atoms with Gasteiger partial charge in [0.25, 0.3) is 0 Å². The van der Waals surface area contributed by atoms with Crippen LogP contribution in [0.2, 0.25) is 0 Å². The molecule has 1 N–H and O–H groups in total. The SMILES string of the molecule is Cc1ccc([C@H](NC(=O)N(C)[C@@H]2CCN(C)C[C@H]2C)C(C)(C)C)o1. The molecule has 1 aliphatic rings. The van der Waals surface area contributed by atoms with Crippen molar-refractivity contribution >= 4 is 6.03 Å². The lowest BCUT2D eigenvalue weighted by Gasteiger charge is -2.41. The third-order valence-electron chi connectivity index (χ3n) is 5.06. The fourth-order valence-corrected chi connectivity index (χ4v) is 3.62. The third kappa shape index (κ3) is 4.32. The Morgan fingerprint density at radius 2 is 2.08 bits per heavy atom. The molecule has 0 aliphatic carbocycles. The molecule has 3 atom stereocenters. The number of hydrogen-bond donors (Lipinski definition) is 1. The van der Waals surface area contributed by atoms with Gasteiger partial charge in [0.2, 0.25) is 0 Å². The van der Waals surface area contributed by atoms with Gasteiger partial charge in [-0.15, -0.1) is 0 Å². The van der Waals surface area contributed by atoms with Crippen molar-refractivity contribution in [3.8, 4) is 0 Å². The van der Waals surface area contributed by atoms with E-state index >= 15 is 0 Å². The summed E-state index contributed by atoms with van der Waals surface area (Å²) in [5.74, 6) is 2.16. The summed E-state index contributed by atoms with van der Waals surface area (Å²) in [6.07, 6.45) is 1.02. The molecule has 24 heavy (non-hydrogen) atoms. The molecule has 1 aromatic heterocycles. The van der Waals surface area contributed by atoms with Crippen LogP contribution in [0, 0.1) is 18.3 Å². The molecule has 5 heteroatoms. The molecule has 1 saturated heterocycles. The Labute approximate surface area is 146 Å². The van der Waals surface area contributed by atoms with E-state index in [2.05, 4.69) is 45.0 Å². The Bertz CT molecular complexity index is 561. The highest BCUT2D eigenvalue weighted by atomic mass is 16.3. The zero-order chi connectivity index (χ0) is 18.1. The van der Waals surface area contributed by atoms with Crippen molar-refractivity contribution in [2.75, 3.05) is 27.2 Å². The Kier molecular flexibility index (Phi) is 5.63. The average Bonchev–Trinajstić information content (AvgIpc) is 2.88. The number of likely N-dealkylation sites (tertiary alicyclic amines) is 1. The normalized spacial score (nSPS) is 23.8. The average molecular weight is 335 g/mol. The summed E-state index contributed by atoms with van der Waals surface area (Å²) in [5.41, 5.74) is -0.126. The van der Waals surface area contributed by atoms with Crippen LogP contribution in [0.4, 0.5) is 4.79 Å². The predicted octanol–water partition coefficient (Wildman–Crippen LogP) is 3.66. The van der Waals surface area contributed by atoms with Crippen molar-refractivity contribution in [1.82, 2.24) is 15.1 Å². The van der Waals surface area contributed by atoms with Gasteiger partial charge in [-0.1, -0.05) is 27.7 Å². The number of urea groups is 1. The van der Waals surface area contributed by atoms with Crippen molar-refractivity contribution in [3.63, 3.8) is 0 Å².